The minimum atomic E-state index is -0.517. The number of amides is 3. The fraction of sp³-hybridized carbons (Fsp3) is 0.276. The Morgan fingerprint density at radius 1 is 1.03 bits per heavy atom. The fourth-order valence-corrected chi connectivity index (χ4v) is 4.20. The van der Waals surface area contributed by atoms with E-state index in [4.69, 9.17) is 4.74 Å². The van der Waals surface area contributed by atoms with Crippen LogP contribution in [0.5, 0.6) is 5.75 Å². The van der Waals surface area contributed by atoms with Crippen molar-refractivity contribution >= 4 is 29.1 Å². The zero-order valence-electron chi connectivity index (χ0n) is 20.6. The van der Waals surface area contributed by atoms with Crippen LogP contribution in [0.3, 0.4) is 0 Å². The highest BCUT2D eigenvalue weighted by atomic mass is 16.5. The Morgan fingerprint density at radius 2 is 1.81 bits per heavy atom. The third kappa shape index (κ3) is 6.10. The number of rotatable bonds is 9. The second-order valence-electron chi connectivity index (χ2n) is 8.95. The molecule has 1 aliphatic rings. The van der Waals surface area contributed by atoms with Gasteiger partial charge in [-0.2, -0.15) is 0 Å². The molecular formula is C29H31N3O4. The molecule has 4 rings (SSSR count). The molecule has 0 bridgehead atoms. The third-order valence-electron chi connectivity index (χ3n) is 6.08. The first-order valence-corrected chi connectivity index (χ1v) is 12.2. The van der Waals surface area contributed by atoms with Gasteiger partial charge in [-0.3, -0.25) is 14.4 Å². The molecule has 186 valence electrons. The van der Waals surface area contributed by atoms with E-state index in [-0.39, 0.29) is 30.7 Å². The Balaban J connectivity index is 1.38. The molecule has 3 aromatic rings. The Hall–Kier alpha value is -4.13. The van der Waals surface area contributed by atoms with Crippen molar-refractivity contribution in [3.05, 3.63) is 89.5 Å². The quantitative estimate of drug-likeness (QED) is 0.460. The number of anilines is 2. The fourth-order valence-electron chi connectivity index (χ4n) is 4.20. The topological polar surface area (TPSA) is 87.7 Å². The van der Waals surface area contributed by atoms with Gasteiger partial charge >= 0.3 is 0 Å². The standard InChI is InChI=1S/C29H31N3O4/c1-3-15-36-24-13-11-23(12-14-24)32-19-22(17-27(32)33)28(34)31-26-10-5-4-9-25(26)29(35)30-18-21-8-6-7-20(2)16-21/h4-14,16,22H,3,15,17-19H2,1-2H3,(H,30,35)(H,31,34)/t22-/m1/s1. The average molecular weight is 486 g/mol. The number of ether oxygens (including phenoxy) is 1. The van der Waals surface area contributed by atoms with E-state index >= 15 is 0 Å². The number of carbonyl (C=O) groups is 3. The third-order valence-corrected chi connectivity index (χ3v) is 6.08. The number of hydrogen-bond donors (Lipinski definition) is 2. The number of para-hydroxylation sites is 1. The summed E-state index contributed by atoms with van der Waals surface area (Å²) in [5, 5.41) is 5.78. The molecule has 7 nitrogen and oxygen atoms in total. The summed E-state index contributed by atoms with van der Waals surface area (Å²) in [6.45, 7) is 5.34. The minimum Gasteiger partial charge on any atom is -0.494 e. The van der Waals surface area contributed by atoms with Gasteiger partial charge in [0.25, 0.3) is 5.91 Å². The van der Waals surface area contributed by atoms with E-state index in [1.165, 1.54) is 0 Å². The van der Waals surface area contributed by atoms with E-state index < -0.39 is 5.92 Å². The molecule has 36 heavy (non-hydrogen) atoms. The van der Waals surface area contributed by atoms with E-state index in [0.29, 0.717) is 24.4 Å². The maximum Gasteiger partial charge on any atom is 0.253 e. The summed E-state index contributed by atoms with van der Waals surface area (Å²) in [7, 11) is 0. The van der Waals surface area contributed by atoms with Gasteiger partial charge in [-0.1, -0.05) is 48.9 Å². The van der Waals surface area contributed by atoms with Gasteiger partial charge in [0.1, 0.15) is 5.75 Å². The van der Waals surface area contributed by atoms with Crippen LogP contribution in [0.15, 0.2) is 72.8 Å². The molecule has 0 saturated carbocycles. The van der Waals surface area contributed by atoms with Crippen LogP contribution < -0.4 is 20.3 Å². The molecule has 0 unspecified atom stereocenters. The molecule has 2 N–H and O–H groups in total. The Morgan fingerprint density at radius 3 is 2.56 bits per heavy atom. The SMILES string of the molecule is CCCOc1ccc(N2C[C@H](C(=O)Nc3ccccc3C(=O)NCc3cccc(C)c3)CC2=O)cc1. The van der Waals surface area contributed by atoms with Gasteiger partial charge in [0.15, 0.2) is 0 Å². The van der Waals surface area contributed by atoms with Crippen molar-refractivity contribution in [3.63, 3.8) is 0 Å². The second kappa shape index (κ2) is 11.5. The van der Waals surface area contributed by atoms with E-state index in [1.807, 2.05) is 62.4 Å². The van der Waals surface area contributed by atoms with Crippen LogP contribution in [0.1, 0.15) is 41.3 Å². The van der Waals surface area contributed by atoms with Crippen LogP contribution in [0, 0.1) is 12.8 Å². The predicted octanol–water partition coefficient (Wildman–Crippen LogP) is 4.71. The van der Waals surface area contributed by atoms with Gasteiger partial charge in [-0.05, 0) is 55.3 Å². The molecule has 0 radical (unpaired) electrons. The van der Waals surface area contributed by atoms with Crippen molar-refractivity contribution in [2.45, 2.75) is 33.2 Å². The summed E-state index contributed by atoms with van der Waals surface area (Å²) in [6, 6.07) is 22.1. The highest BCUT2D eigenvalue weighted by Crippen LogP contribution is 2.28. The van der Waals surface area contributed by atoms with Crippen LogP contribution in [0.4, 0.5) is 11.4 Å². The summed E-state index contributed by atoms with van der Waals surface area (Å²) >= 11 is 0. The summed E-state index contributed by atoms with van der Waals surface area (Å²) in [5.74, 6) is -0.438. The Kier molecular flexibility index (Phi) is 8.00. The molecule has 0 spiro atoms. The summed E-state index contributed by atoms with van der Waals surface area (Å²) in [5.41, 5.74) is 3.65. The lowest BCUT2D eigenvalue weighted by molar-refractivity contribution is -0.122. The predicted molar refractivity (Wildman–Crippen MR) is 140 cm³/mol. The van der Waals surface area contributed by atoms with Crippen molar-refractivity contribution in [1.82, 2.24) is 5.32 Å². The van der Waals surface area contributed by atoms with Crippen molar-refractivity contribution in [2.24, 2.45) is 5.92 Å². The summed E-state index contributed by atoms with van der Waals surface area (Å²) < 4.78 is 5.60. The lowest BCUT2D eigenvalue weighted by Gasteiger charge is -2.18. The average Bonchev–Trinajstić information content (AvgIpc) is 3.28. The largest absolute Gasteiger partial charge is 0.494 e. The Labute approximate surface area is 211 Å². The molecule has 0 aromatic heterocycles. The van der Waals surface area contributed by atoms with E-state index in [2.05, 4.69) is 10.6 Å². The van der Waals surface area contributed by atoms with Gasteiger partial charge in [-0.15, -0.1) is 0 Å². The zero-order chi connectivity index (χ0) is 25.5. The molecule has 3 aromatic carbocycles. The van der Waals surface area contributed by atoms with Gasteiger partial charge < -0.3 is 20.3 Å². The second-order valence-corrected chi connectivity index (χ2v) is 8.95. The van der Waals surface area contributed by atoms with Gasteiger partial charge in [0, 0.05) is 25.2 Å². The highest BCUT2D eigenvalue weighted by molar-refractivity contribution is 6.07. The number of aryl methyl sites for hydroxylation is 1. The van der Waals surface area contributed by atoms with Gasteiger partial charge in [0.2, 0.25) is 11.8 Å². The zero-order valence-corrected chi connectivity index (χ0v) is 20.6. The number of benzene rings is 3. The monoisotopic (exact) mass is 485 g/mol. The van der Waals surface area contributed by atoms with Crippen molar-refractivity contribution in [2.75, 3.05) is 23.4 Å². The van der Waals surface area contributed by atoms with Crippen molar-refractivity contribution in [3.8, 4) is 5.75 Å². The van der Waals surface area contributed by atoms with Crippen LogP contribution in [0.25, 0.3) is 0 Å². The van der Waals surface area contributed by atoms with Crippen molar-refractivity contribution in [1.29, 1.82) is 0 Å². The normalized spacial score (nSPS) is 15.0. The maximum absolute atomic E-state index is 13.1. The molecule has 7 heteroatoms. The first kappa shape index (κ1) is 25.0. The molecule has 1 fully saturated rings. The van der Waals surface area contributed by atoms with Gasteiger partial charge in [-0.25, -0.2) is 0 Å². The molecule has 1 saturated heterocycles. The summed E-state index contributed by atoms with van der Waals surface area (Å²) in [4.78, 5) is 40.2. The molecule has 0 aliphatic carbocycles. The first-order valence-electron chi connectivity index (χ1n) is 12.2. The summed E-state index contributed by atoms with van der Waals surface area (Å²) in [6.07, 6.45) is 1.03. The number of hydrogen-bond acceptors (Lipinski definition) is 4. The number of nitrogens with one attached hydrogen (secondary N) is 2. The van der Waals surface area contributed by atoms with E-state index in [0.717, 1.165) is 29.0 Å². The van der Waals surface area contributed by atoms with Crippen molar-refractivity contribution < 1.29 is 19.1 Å². The first-order chi connectivity index (χ1) is 17.4. The molecule has 1 aliphatic heterocycles. The number of carbonyl (C=O) groups excluding carboxylic acids is 3. The molecule has 3 amide bonds. The molecule has 1 heterocycles. The van der Waals surface area contributed by atoms with Crippen LogP contribution in [-0.4, -0.2) is 30.9 Å². The van der Waals surface area contributed by atoms with Crippen LogP contribution >= 0.6 is 0 Å². The van der Waals surface area contributed by atoms with E-state index in [1.54, 1.807) is 29.2 Å². The maximum atomic E-state index is 13.1. The van der Waals surface area contributed by atoms with Gasteiger partial charge in [0.05, 0.1) is 23.8 Å². The smallest absolute Gasteiger partial charge is 0.253 e. The molecule has 1 atom stereocenters. The lowest BCUT2D eigenvalue weighted by atomic mass is 10.1. The van der Waals surface area contributed by atoms with Crippen LogP contribution in [-0.2, 0) is 16.1 Å². The minimum absolute atomic E-state index is 0.110. The lowest BCUT2D eigenvalue weighted by Crippen LogP contribution is -2.29. The van der Waals surface area contributed by atoms with Crippen LogP contribution in [0.2, 0.25) is 0 Å². The Bertz CT molecular complexity index is 1240. The molecular weight excluding hydrogens is 454 g/mol. The highest BCUT2D eigenvalue weighted by Gasteiger charge is 2.35. The number of nitrogens with zero attached hydrogens (tertiary/aromatic N) is 1. The van der Waals surface area contributed by atoms with E-state index in [9.17, 15) is 14.4 Å².